The van der Waals surface area contributed by atoms with Gasteiger partial charge < -0.3 is 5.21 Å². The van der Waals surface area contributed by atoms with Gasteiger partial charge in [0, 0.05) is 11.8 Å². The van der Waals surface area contributed by atoms with E-state index in [2.05, 4.69) is 9.97 Å². The number of nitrogen functional groups attached to an aromatic ring is 1. The van der Waals surface area contributed by atoms with E-state index >= 15 is 0 Å². The maximum Gasteiger partial charge on any atom is 0.308 e. The summed E-state index contributed by atoms with van der Waals surface area (Å²) in [6.45, 7) is 0. The number of hydrogen-bond acceptors (Lipinski definition) is 4. The summed E-state index contributed by atoms with van der Waals surface area (Å²) in [5.74, 6) is 0.0393. The lowest BCUT2D eigenvalue weighted by atomic mass is 10.1. The van der Waals surface area contributed by atoms with Crippen molar-refractivity contribution in [1.29, 1.82) is 0 Å². The molecule has 4 rings (SSSR count). The summed E-state index contributed by atoms with van der Waals surface area (Å²) in [4.78, 5) is 9.46. The SMILES string of the molecule is Nc1c(-c2ccccn2)c2nc(-c3ccc(Cl)c(Cl)c3)ccn2[n+]1[O-]. The number of anilines is 1. The van der Waals surface area contributed by atoms with Crippen LogP contribution in [0.5, 0.6) is 0 Å². The highest BCUT2D eigenvalue weighted by Gasteiger charge is 2.22. The number of benzene rings is 1. The van der Waals surface area contributed by atoms with E-state index in [1.807, 2.05) is 12.1 Å². The van der Waals surface area contributed by atoms with Crippen molar-refractivity contribution in [3.8, 4) is 22.5 Å². The Labute approximate surface area is 152 Å². The number of halogens is 2. The first kappa shape index (κ1) is 15.7. The molecule has 0 aliphatic carbocycles. The minimum absolute atomic E-state index is 0.0393. The first-order chi connectivity index (χ1) is 12.1. The molecule has 0 saturated heterocycles. The van der Waals surface area contributed by atoms with E-state index < -0.39 is 0 Å². The van der Waals surface area contributed by atoms with Crippen molar-refractivity contribution in [1.82, 2.24) is 14.5 Å². The molecule has 0 saturated carbocycles. The van der Waals surface area contributed by atoms with Gasteiger partial charge in [0.25, 0.3) is 0 Å². The highest BCUT2D eigenvalue weighted by Crippen LogP contribution is 2.30. The fourth-order valence-corrected chi connectivity index (χ4v) is 2.93. The number of hydrogen-bond donors (Lipinski definition) is 1. The molecule has 0 fully saturated rings. The van der Waals surface area contributed by atoms with Crippen LogP contribution in [0.4, 0.5) is 5.82 Å². The lowest BCUT2D eigenvalue weighted by Crippen LogP contribution is -2.35. The Kier molecular flexibility index (Phi) is 3.71. The molecule has 8 heteroatoms. The fourth-order valence-electron chi connectivity index (χ4n) is 2.63. The van der Waals surface area contributed by atoms with E-state index in [0.29, 0.717) is 37.5 Å². The minimum atomic E-state index is 0.0393. The molecule has 6 nitrogen and oxygen atoms in total. The Balaban J connectivity index is 1.97. The third-order valence-electron chi connectivity index (χ3n) is 3.83. The third kappa shape index (κ3) is 2.56. The molecular formula is C17H11Cl2N5O. The predicted molar refractivity (Wildman–Crippen MR) is 97.3 cm³/mol. The molecule has 0 amide bonds. The first-order valence-electron chi connectivity index (χ1n) is 7.33. The number of nitrogens with zero attached hydrogens (tertiary/aromatic N) is 4. The van der Waals surface area contributed by atoms with Gasteiger partial charge in [-0.1, -0.05) is 35.3 Å². The van der Waals surface area contributed by atoms with Crippen LogP contribution < -0.4 is 10.6 Å². The van der Waals surface area contributed by atoms with E-state index in [9.17, 15) is 5.21 Å². The van der Waals surface area contributed by atoms with Crippen LogP contribution in [0.2, 0.25) is 10.0 Å². The van der Waals surface area contributed by atoms with Crippen LogP contribution in [-0.4, -0.2) is 14.5 Å². The zero-order valence-electron chi connectivity index (χ0n) is 12.7. The van der Waals surface area contributed by atoms with Gasteiger partial charge in [0.2, 0.25) is 0 Å². The van der Waals surface area contributed by atoms with E-state index in [4.69, 9.17) is 28.9 Å². The van der Waals surface area contributed by atoms with Crippen LogP contribution in [0.15, 0.2) is 54.9 Å². The van der Waals surface area contributed by atoms with E-state index in [1.54, 1.807) is 42.7 Å². The van der Waals surface area contributed by atoms with Crippen molar-refractivity contribution >= 4 is 34.7 Å². The average Bonchev–Trinajstić information content (AvgIpc) is 2.88. The topological polar surface area (TPSA) is 83.1 Å². The minimum Gasteiger partial charge on any atom is -0.692 e. The molecule has 0 radical (unpaired) electrons. The second kappa shape index (κ2) is 5.91. The molecule has 0 aliphatic heterocycles. The Bertz CT molecular complexity index is 1100. The van der Waals surface area contributed by atoms with Gasteiger partial charge in [0.05, 0.1) is 27.6 Å². The van der Waals surface area contributed by atoms with Crippen molar-refractivity contribution < 1.29 is 4.85 Å². The summed E-state index contributed by atoms with van der Waals surface area (Å²) in [6, 6.07) is 12.3. The van der Waals surface area contributed by atoms with Crippen molar-refractivity contribution in [3.63, 3.8) is 0 Å². The Hall–Kier alpha value is -2.83. The van der Waals surface area contributed by atoms with Crippen LogP contribution in [-0.2, 0) is 0 Å². The Morgan fingerprint density at radius 1 is 1.04 bits per heavy atom. The number of nitrogens with two attached hydrogens (primary N) is 1. The van der Waals surface area contributed by atoms with Crippen LogP contribution in [0.3, 0.4) is 0 Å². The molecule has 0 aliphatic rings. The summed E-state index contributed by atoms with van der Waals surface area (Å²) in [5, 5.41) is 13.2. The number of aromatic nitrogens is 4. The number of rotatable bonds is 2. The smallest absolute Gasteiger partial charge is 0.308 e. The van der Waals surface area contributed by atoms with Crippen LogP contribution in [0, 0.1) is 5.21 Å². The Morgan fingerprint density at radius 3 is 2.60 bits per heavy atom. The summed E-state index contributed by atoms with van der Waals surface area (Å²) >= 11 is 12.1. The van der Waals surface area contributed by atoms with Crippen LogP contribution in [0.25, 0.3) is 28.2 Å². The van der Waals surface area contributed by atoms with Gasteiger partial charge in [-0.3, -0.25) is 10.7 Å². The van der Waals surface area contributed by atoms with Crippen molar-refractivity contribution in [3.05, 3.63) is 70.1 Å². The second-order valence-corrected chi connectivity index (χ2v) is 6.17. The molecule has 4 aromatic rings. The quantitative estimate of drug-likeness (QED) is 0.431. The maximum atomic E-state index is 12.3. The molecule has 0 spiro atoms. The van der Waals surface area contributed by atoms with Gasteiger partial charge in [-0.05, 0) is 30.3 Å². The van der Waals surface area contributed by atoms with Gasteiger partial charge in [-0.25, -0.2) is 4.98 Å². The molecule has 1 aromatic carbocycles. The van der Waals surface area contributed by atoms with Gasteiger partial charge in [0.1, 0.15) is 5.56 Å². The summed E-state index contributed by atoms with van der Waals surface area (Å²) < 4.78 is 1.33. The highest BCUT2D eigenvalue weighted by molar-refractivity contribution is 6.42. The van der Waals surface area contributed by atoms with Gasteiger partial charge >= 0.3 is 5.82 Å². The van der Waals surface area contributed by atoms with Gasteiger partial charge in [-0.2, -0.15) is 4.52 Å². The van der Waals surface area contributed by atoms with E-state index in [0.717, 1.165) is 5.56 Å². The molecule has 2 N–H and O–H groups in total. The summed E-state index contributed by atoms with van der Waals surface area (Å²) in [5.41, 5.74) is 8.88. The normalized spacial score (nSPS) is 11.1. The zero-order chi connectivity index (χ0) is 17.6. The molecule has 3 heterocycles. The second-order valence-electron chi connectivity index (χ2n) is 5.36. The molecule has 0 unspecified atom stereocenters. The Morgan fingerprint density at radius 2 is 1.88 bits per heavy atom. The van der Waals surface area contributed by atoms with E-state index in [-0.39, 0.29) is 5.82 Å². The zero-order valence-corrected chi connectivity index (χ0v) is 14.2. The predicted octanol–water partition coefficient (Wildman–Crippen LogP) is 3.59. The van der Waals surface area contributed by atoms with Crippen molar-refractivity contribution in [2.75, 3.05) is 5.73 Å². The number of pyridine rings is 1. The largest absolute Gasteiger partial charge is 0.692 e. The van der Waals surface area contributed by atoms with Crippen LogP contribution >= 0.6 is 23.2 Å². The van der Waals surface area contributed by atoms with Gasteiger partial charge in [-0.15, -0.1) is 4.85 Å². The molecule has 0 bridgehead atoms. The maximum absolute atomic E-state index is 12.3. The monoisotopic (exact) mass is 371 g/mol. The fraction of sp³-hybridized carbons (Fsp3) is 0. The molecular weight excluding hydrogens is 361 g/mol. The first-order valence-corrected chi connectivity index (χ1v) is 8.09. The summed E-state index contributed by atoms with van der Waals surface area (Å²) in [7, 11) is 0. The average molecular weight is 372 g/mol. The van der Waals surface area contributed by atoms with Crippen LogP contribution in [0.1, 0.15) is 0 Å². The van der Waals surface area contributed by atoms with Crippen molar-refractivity contribution in [2.45, 2.75) is 0 Å². The lowest BCUT2D eigenvalue weighted by molar-refractivity contribution is -0.662. The highest BCUT2D eigenvalue weighted by atomic mass is 35.5. The standard InChI is InChI=1S/C17H11Cl2N5O/c18-11-5-4-10(9-12(11)19)13-6-8-23-17(22-13)15(16(20)24(23)25)14-3-1-2-7-21-14/h1-9H,20H2. The van der Waals surface area contributed by atoms with Crippen molar-refractivity contribution in [2.24, 2.45) is 0 Å². The number of fused-ring (bicyclic) bond motifs is 1. The third-order valence-corrected chi connectivity index (χ3v) is 4.57. The molecule has 0 atom stereocenters. The molecule has 124 valence electrons. The van der Waals surface area contributed by atoms with E-state index in [1.165, 1.54) is 4.52 Å². The molecule has 3 aromatic heterocycles. The van der Waals surface area contributed by atoms with Gasteiger partial charge in [0.15, 0.2) is 5.65 Å². The molecule has 25 heavy (non-hydrogen) atoms. The lowest BCUT2D eigenvalue weighted by Gasteiger charge is -2.05. The summed E-state index contributed by atoms with van der Waals surface area (Å²) in [6.07, 6.45) is 3.24.